The molecule has 32 heavy (non-hydrogen) atoms. The van der Waals surface area contributed by atoms with E-state index in [0.717, 1.165) is 50.9 Å². The minimum atomic E-state index is -0.396. The Morgan fingerprint density at radius 1 is 1.19 bits per heavy atom. The summed E-state index contributed by atoms with van der Waals surface area (Å²) >= 11 is 0. The van der Waals surface area contributed by atoms with Crippen molar-refractivity contribution in [2.45, 2.75) is 38.6 Å². The summed E-state index contributed by atoms with van der Waals surface area (Å²) in [6.07, 6.45) is 3.92. The van der Waals surface area contributed by atoms with E-state index in [2.05, 4.69) is 15.5 Å². The smallest absolute Gasteiger partial charge is 0.230 e. The summed E-state index contributed by atoms with van der Waals surface area (Å²) in [7, 11) is 3.65. The molecule has 1 aliphatic heterocycles. The van der Waals surface area contributed by atoms with Gasteiger partial charge in [0.1, 0.15) is 5.82 Å². The summed E-state index contributed by atoms with van der Waals surface area (Å²) in [4.78, 5) is 21.8. The van der Waals surface area contributed by atoms with Crippen LogP contribution in [0.15, 0.2) is 29.3 Å². The fraction of sp³-hybridized carbons (Fsp3) is 0.667. The zero-order chi connectivity index (χ0) is 23.0. The largest absolute Gasteiger partial charge is 0.379 e. The lowest BCUT2D eigenvalue weighted by Crippen LogP contribution is -2.47. The van der Waals surface area contributed by atoms with Crippen molar-refractivity contribution in [3.63, 3.8) is 0 Å². The van der Waals surface area contributed by atoms with E-state index in [9.17, 15) is 9.18 Å². The maximum absolute atomic E-state index is 13.5. The highest BCUT2D eigenvalue weighted by Crippen LogP contribution is 2.39. The number of nitrogens with one attached hydrogen (secondary N) is 2. The molecule has 1 aromatic carbocycles. The molecule has 0 radical (unpaired) electrons. The number of guanidine groups is 1. The van der Waals surface area contributed by atoms with E-state index in [0.29, 0.717) is 32.3 Å². The Morgan fingerprint density at radius 3 is 2.44 bits per heavy atom. The van der Waals surface area contributed by atoms with Crippen molar-refractivity contribution in [3.05, 3.63) is 35.6 Å². The Morgan fingerprint density at radius 2 is 1.84 bits per heavy atom. The molecule has 1 heterocycles. The van der Waals surface area contributed by atoms with Crippen molar-refractivity contribution >= 4 is 11.9 Å². The Balaban J connectivity index is 1.73. The second kappa shape index (κ2) is 11.6. The fourth-order valence-corrected chi connectivity index (χ4v) is 4.76. The normalized spacial score (nSPS) is 20.1. The summed E-state index contributed by atoms with van der Waals surface area (Å²) in [6, 6.07) is 6.80. The predicted octanol–water partition coefficient (Wildman–Crippen LogP) is 2.40. The third-order valence-electron chi connectivity index (χ3n) is 6.51. The maximum Gasteiger partial charge on any atom is 0.230 e. The van der Waals surface area contributed by atoms with Gasteiger partial charge in [0.05, 0.1) is 31.2 Å². The summed E-state index contributed by atoms with van der Waals surface area (Å²) in [5.74, 6) is 0.655. The standard InChI is InChI=1S/C24H38FN5O2/c1-4-26-23(28-18-24(11-5-6-12-24)22(31)29(2)3)27-17-21(30-13-15-32-16-14-30)19-7-9-20(25)10-8-19/h7-10,21H,4-6,11-18H2,1-3H3,(H2,26,27,28). The molecular formula is C24H38FN5O2. The van der Waals surface area contributed by atoms with Crippen LogP contribution >= 0.6 is 0 Å². The number of benzene rings is 1. The molecule has 1 unspecified atom stereocenters. The summed E-state index contributed by atoms with van der Waals surface area (Å²) in [5, 5.41) is 6.80. The molecule has 0 spiro atoms. The number of hydrogen-bond donors (Lipinski definition) is 2. The number of rotatable bonds is 8. The van der Waals surface area contributed by atoms with Crippen LogP contribution in [0.4, 0.5) is 4.39 Å². The molecule has 8 heteroatoms. The molecule has 7 nitrogen and oxygen atoms in total. The predicted molar refractivity (Wildman–Crippen MR) is 125 cm³/mol. The van der Waals surface area contributed by atoms with Gasteiger partial charge in [0.2, 0.25) is 5.91 Å². The zero-order valence-corrected chi connectivity index (χ0v) is 19.7. The quantitative estimate of drug-likeness (QED) is 0.473. The highest BCUT2D eigenvalue weighted by Gasteiger charge is 2.42. The van der Waals surface area contributed by atoms with Gasteiger partial charge in [-0.05, 0) is 37.5 Å². The van der Waals surface area contributed by atoms with Crippen LogP contribution in [-0.4, -0.2) is 81.7 Å². The van der Waals surface area contributed by atoms with Gasteiger partial charge in [0.25, 0.3) is 0 Å². The molecule has 2 fully saturated rings. The first kappa shape index (κ1) is 24.5. The molecular weight excluding hydrogens is 409 g/mol. The molecule has 1 saturated heterocycles. The summed E-state index contributed by atoms with van der Waals surface area (Å²) in [6.45, 7) is 6.94. The van der Waals surface area contributed by atoms with Gasteiger partial charge in [-0.15, -0.1) is 0 Å². The number of carbonyl (C=O) groups is 1. The number of morpholine rings is 1. The van der Waals surface area contributed by atoms with E-state index in [1.807, 2.05) is 33.2 Å². The molecule has 2 aliphatic rings. The number of aliphatic imine (C=N–C) groups is 1. The Labute approximate surface area is 191 Å². The Bertz CT molecular complexity index is 756. The van der Waals surface area contributed by atoms with E-state index < -0.39 is 5.41 Å². The van der Waals surface area contributed by atoms with Crippen LogP contribution in [0, 0.1) is 11.2 Å². The highest BCUT2D eigenvalue weighted by atomic mass is 19.1. The topological polar surface area (TPSA) is 69.2 Å². The van der Waals surface area contributed by atoms with E-state index in [4.69, 9.17) is 9.73 Å². The van der Waals surface area contributed by atoms with Crippen LogP contribution in [0.3, 0.4) is 0 Å². The second-order valence-corrected chi connectivity index (χ2v) is 8.98. The molecule has 0 aromatic heterocycles. The van der Waals surface area contributed by atoms with Crippen LogP contribution in [0.2, 0.25) is 0 Å². The van der Waals surface area contributed by atoms with Crippen molar-refractivity contribution < 1.29 is 13.9 Å². The van der Waals surface area contributed by atoms with Gasteiger partial charge in [-0.1, -0.05) is 25.0 Å². The molecule has 1 aromatic rings. The first-order valence-electron chi connectivity index (χ1n) is 11.8. The number of nitrogens with zero attached hydrogens (tertiary/aromatic N) is 3. The number of hydrogen-bond acceptors (Lipinski definition) is 4. The van der Waals surface area contributed by atoms with Crippen LogP contribution in [-0.2, 0) is 9.53 Å². The number of amides is 1. The van der Waals surface area contributed by atoms with Crippen molar-refractivity contribution in [2.75, 3.05) is 60.0 Å². The minimum Gasteiger partial charge on any atom is -0.379 e. The van der Waals surface area contributed by atoms with Crippen LogP contribution in [0.25, 0.3) is 0 Å². The van der Waals surface area contributed by atoms with Crippen LogP contribution in [0.1, 0.15) is 44.2 Å². The van der Waals surface area contributed by atoms with E-state index in [1.165, 1.54) is 12.1 Å². The third kappa shape index (κ3) is 6.19. The van der Waals surface area contributed by atoms with Gasteiger partial charge in [-0.3, -0.25) is 14.7 Å². The SMILES string of the molecule is CCNC(=NCC1(C(=O)N(C)C)CCCC1)NCC(c1ccc(F)cc1)N1CCOCC1. The van der Waals surface area contributed by atoms with Gasteiger partial charge in [0, 0.05) is 40.3 Å². The molecule has 3 rings (SSSR count). The van der Waals surface area contributed by atoms with Crippen molar-refractivity contribution in [1.82, 2.24) is 20.4 Å². The Hall–Kier alpha value is -2.19. The zero-order valence-electron chi connectivity index (χ0n) is 19.7. The first-order valence-corrected chi connectivity index (χ1v) is 11.8. The Kier molecular flexibility index (Phi) is 8.87. The van der Waals surface area contributed by atoms with Crippen molar-refractivity contribution in [1.29, 1.82) is 0 Å². The number of halogens is 1. The fourth-order valence-electron chi connectivity index (χ4n) is 4.76. The lowest BCUT2D eigenvalue weighted by molar-refractivity contribution is -0.138. The highest BCUT2D eigenvalue weighted by molar-refractivity contribution is 5.84. The van der Waals surface area contributed by atoms with E-state index in [-0.39, 0.29) is 17.8 Å². The van der Waals surface area contributed by atoms with E-state index in [1.54, 1.807) is 4.90 Å². The number of ether oxygens (including phenoxy) is 1. The molecule has 1 aliphatic carbocycles. The monoisotopic (exact) mass is 447 g/mol. The molecule has 2 N–H and O–H groups in total. The average Bonchev–Trinajstić information content (AvgIpc) is 3.29. The van der Waals surface area contributed by atoms with Gasteiger partial charge in [-0.2, -0.15) is 0 Å². The van der Waals surface area contributed by atoms with E-state index >= 15 is 0 Å². The second-order valence-electron chi connectivity index (χ2n) is 8.98. The molecule has 0 bridgehead atoms. The van der Waals surface area contributed by atoms with Gasteiger partial charge in [-0.25, -0.2) is 4.39 Å². The van der Waals surface area contributed by atoms with Gasteiger partial charge >= 0.3 is 0 Å². The minimum absolute atomic E-state index is 0.0761. The first-order chi connectivity index (χ1) is 15.4. The molecule has 1 saturated carbocycles. The summed E-state index contributed by atoms with van der Waals surface area (Å²) in [5.41, 5.74) is 0.665. The van der Waals surface area contributed by atoms with Crippen molar-refractivity contribution in [3.8, 4) is 0 Å². The van der Waals surface area contributed by atoms with Crippen LogP contribution < -0.4 is 10.6 Å². The average molecular weight is 448 g/mol. The third-order valence-corrected chi connectivity index (χ3v) is 6.51. The van der Waals surface area contributed by atoms with Crippen molar-refractivity contribution in [2.24, 2.45) is 10.4 Å². The summed E-state index contributed by atoms with van der Waals surface area (Å²) < 4.78 is 19.0. The molecule has 178 valence electrons. The number of carbonyl (C=O) groups excluding carboxylic acids is 1. The molecule has 1 amide bonds. The van der Waals surface area contributed by atoms with Crippen LogP contribution in [0.5, 0.6) is 0 Å². The van der Waals surface area contributed by atoms with Gasteiger partial charge in [0.15, 0.2) is 5.96 Å². The molecule has 1 atom stereocenters. The lowest BCUT2D eigenvalue weighted by atomic mass is 9.85. The lowest BCUT2D eigenvalue weighted by Gasteiger charge is -2.35. The maximum atomic E-state index is 13.5. The van der Waals surface area contributed by atoms with Gasteiger partial charge < -0.3 is 20.3 Å².